The first-order valence-electron chi connectivity index (χ1n) is 10.1. The number of aliphatic carboxylic acids is 1. The zero-order chi connectivity index (χ0) is 19.3. The molecule has 1 N–H and O–H groups in total. The lowest BCUT2D eigenvalue weighted by atomic mass is 9.84. The number of carboxylic acids is 1. The van der Waals surface area contributed by atoms with Crippen molar-refractivity contribution in [1.29, 1.82) is 0 Å². The second-order valence-electron chi connectivity index (χ2n) is 7.75. The van der Waals surface area contributed by atoms with Gasteiger partial charge in [0.05, 0.1) is 6.42 Å². The molecule has 0 saturated heterocycles. The van der Waals surface area contributed by atoms with Gasteiger partial charge in [0.25, 0.3) is 0 Å². The van der Waals surface area contributed by atoms with E-state index in [9.17, 15) is 9.90 Å². The van der Waals surface area contributed by atoms with E-state index in [0.29, 0.717) is 23.2 Å². The number of benzene rings is 1. The highest BCUT2D eigenvalue weighted by Gasteiger charge is 2.24. The van der Waals surface area contributed by atoms with E-state index in [1.807, 2.05) is 18.2 Å². The zero-order valence-corrected chi connectivity index (χ0v) is 15.9. The van der Waals surface area contributed by atoms with Crippen molar-refractivity contribution in [2.24, 2.45) is 5.92 Å². The fourth-order valence-electron chi connectivity index (χ4n) is 4.21. The number of nitrogens with zero attached hydrogens (tertiary/aromatic N) is 2. The van der Waals surface area contributed by atoms with Crippen LogP contribution in [0.4, 0.5) is 0 Å². The van der Waals surface area contributed by atoms with Gasteiger partial charge in [-0.05, 0) is 30.5 Å². The molecule has 0 amide bonds. The molecule has 7 heteroatoms. The topological polar surface area (TPSA) is 94.7 Å². The Bertz CT molecular complexity index is 813. The molecule has 1 fully saturated rings. The van der Waals surface area contributed by atoms with Gasteiger partial charge in [0.1, 0.15) is 0 Å². The van der Waals surface area contributed by atoms with Gasteiger partial charge in [-0.15, -0.1) is 0 Å². The van der Waals surface area contributed by atoms with Gasteiger partial charge in [-0.1, -0.05) is 50.1 Å². The summed E-state index contributed by atoms with van der Waals surface area (Å²) in [6.45, 7) is 0.206. The Labute approximate surface area is 164 Å². The lowest BCUT2D eigenvalue weighted by Gasteiger charge is -2.21. The summed E-state index contributed by atoms with van der Waals surface area (Å²) in [5.41, 5.74) is 0.760. The number of hydrogen-bond acceptors (Lipinski definition) is 6. The number of ether oxygens (including phenoxy) is 2. The van der Waals surface area contributed by atoms with Gasteiger partial charge in [-0.25, -0.2) is 0 Å². The maximum atomic E-state index is 11.3. The highest BCUT2D eigenvalue weighted by molar-refractivity contribution is 5.68. The van der Waals surface area contributed by atoms with Gasteiger partial charge in [-0.2, -0.15) is 4.98 Å². The molecule has 28 heavy (non-hydrogen) atoms. The molecule has 1 aliphatic carbocycles. The summed E-state index contributed by atoms with van der Waals surface area (Å²) in [5, 5.41) is 13.4. The number of rotatable bonds is 8. The Kier molecular flexibility index (Phi) is 5.78. The van der Waals surface area contributed by atoms with Gasteiger partial charge >= 0.3 is 5.97 Å². The van der Waals surface area contributed by atoms with Crippen molar-refractivity contribution in [1.82, 2.24) is 10.1 Å². The van der Waals surface area contributed by atoms with Crippen LogP contribution in [0.15, 0.2) is 22.7 Å². The maximum Gasteiger partial charge on any atom is 0.304 e. The van der Waals surface area contributed by atoms with E-state index in [4.69, 9.17) is 14.0 Å². The van der Waals surface area contributed by atoms with Crippen LogP contribution in [-0.2, 0) is 4.79 Å². The predicted molar refractivity (Wildman–Crippen MR) is 101 cm³/mol. The first-order chi connectivity index (χ1) is 13.7. The Morgan fingerprint density at radius 1 is 1.18 bits per heavy atom. The van der Waals surface area contributed by atoms with Gasteiger partial charge in [0.2, 0.25) is 18.5 Å². The molecule has 1 saturated carbocycles. The molecular formula is C21H26N2O5. The van der Waals surface area contributed by atoms with Gasteiger partial charge < -0.3 is 19.1 Å². The standard InChI is InChI=1S/C21H26N2O5/c24-19(25)12-16(8-4-7-14-5-2-1-3-6-14)21-22-20(23-28-21)15-9-10-17-18(11-15)27-13-26-17/h9-11,14,16H,1-8,12-13H2,(H,24,25). The third-order valence-electron chi connectivity index (χ3n) is 5.73. The minimum absolute atomic E-state index is 0.00738. The Morgan fingerprint density at radius 3 is 2.82 bits per heavy atom. The average molecular weight is 386 g/mol. The van der Waals surface area contributed by atoms with Crippen LogP contribution in [-0.4, -0.2) is 28.0 Å². The molecule has 1 atom stereocenters. The van der Waals surface area contributed by atoms with E-state index in [-0.39, 0.29) is 19.1 Å². The van der Waals surface area contributed by atoms with Crippen molar-refractivity contribution < 1.29 is 23.9 Å². The van der Waals surface area contributed by atoms with Crippen LogP contribution >= 0.6 is 0 Å². The van der Waals surface area contributed by atoms with E-state index in [1.165, 1.54) is 32.1 Å². The van der Waals surface area contributed by atoms with Crippen LogP contribution in [0.5, 0.6) is 11.5 Å². The predicted octanol–water partition coefficient (Wildman–Crippen LogP) is 4.77. The second kappa shape index (κ2) is 8.63. The summed E-state index contributed by atoms with van der Waals surface area (Å²) < 4.78 is 16.2. The monoisotopic (exact) mass is 386 g/mol. The normalized spacial score (nSPS) is 17.6. The van der Waals surface area contributed by atoms with Crippen molar-refractivity contribution in [3.63, 3.8) is 0 Å². The third-order valence-corrected chi connectivity index (χ3v) is 5.73. The largest absolute Gasteiger partial charge is 0.481 e. The van der Waals surface area contributed by atoms with Gasteiger partial charge in [0.15, 0.2) is 11.5 Å². The molecule has 0 bridgehead atoms. The van der Waals surface area contributed by atoms with Crippen LogP contribution in [0, 0.1) is 5.92 Å². The summed E-state index contributed by atoms with van der Waals surface area (Å²) in [7, 11) is 0. The summed E-state index contributed by atoms with van der Waals surface area (Å²) in [6.07, 6.45) is 9.51. The molecule has 0 radical (unpaired) electrons. The maximum absolute atomic E-state index is 11.3. The number of hydrogen-bond donors (Lipinski definition) is 1. The minimum atomic E-state index is -0.842. The minimum Gasteiger partial charge on any atom is -0.481 e. The first kappa shape index (κ1) is 18.8. The van der Waals surface area contributed by atoms with E-state index >= 15 is 0 Å². The van der Waals surface area contributed by atoms with E-state index < -0.39 is 5.97 Å². The molecule has 2 heterocycles. The molecule has 1 aromatic carbocycles. The summed E-state index contributed by atoms with van der Waals surface area (Å²) in [6, 6.07) is 5.47. The lowest BCUT2D eigenvalue weighted by Crippen LogP contribution is -2.09. The zero-order valence-electron chi connectivity index (χ0n) is 15.9. The molecule has 1 unspecified atom stereocenters. The second-order valence-corrected chi connectivity index (χ2v) is 7.75. The fourth-order valence-corrected chi connectivity index (χ4v) is 4.21. The third kappa shape index (κ3) is 4.46. The van der Waals surface area contributed by atoms with E-state index in [0.717, 1.165) is 30.7 Å². The van der Waals surface area contributed by atoms with Crippen LogP contribution in [0.2, 0.25) is 0 Å². The SMILES string of the molecule is O=C(O)CC(CCCC1CCCCC1)c1nc(-c2ccc3c(c2)OCO3)no1. The quantitative estimate of drug-likeness (QED) is 0.698. The average Bonchev–Trinajstić information content (AvgIpc) is 3.36. The molecule has 2 aromatic rings. The van der Waals surface area contributed by atoms with Crippen molar-refractivity contribution in [3.8, 4) is 22.9 Å². The smallest absolute Gasteiger partial charge is 0.304 e. The van der Waals surface area contributed by atoms with Crippen LogP contribution in [0.1, 0.15) is 69.6 Å². The molecule has 7 nitrogen and oxygen atoms in total. The van der Waals surface area contributed by atoms with E-state index in [1.54, 1.807) is 0 Å². The summed E-state index contributed by atoms with van der Waals surface area (Å²) >= 11 is 0. The fraction of sp³-hybridized carbons (Fsp3) is 0.571. The first-order valence-corrected chi connectivity index (χ1v) is 10.1. The highest BCUT2D eigenvalue weighted by Crippen LogP contribution is 2.36. The Morgan fingerprint density at radius 2 is 2.00 bits per heavy atom. The van der Waals surface area contributed by atoms with Crippen molar-refractivity contribution in [2.45, 2.75) is 63.7 Å². The molecule has 0 spiro atoms. The van der Waals surface area contributed by atoms with Gasteiger partial charge in [-0.3, -0.25) is 4.79 Å². The van der Waals surface area contributed by atoms with Crippen LogP contribution < -0.4 is 9.47 Å². The van der Waals surface area contributed by atoms with Crippen molar-refractivity contribution in [3.05, 3.63) is 24.1 Å². The highest BCUT2D eigenvalue weighted by atomic mass is 16.7. The Balaban J connectivity index is 1.42. The lowest BCUT2D eigenvalue weighted by molar-refractivity contribution is -0.137. The van der Waals surface area contributed by atoms with Gasteiger partial charge in [0, 0.05) is 11.5 Å². The Hall–Kier alpha value is -2.57. The number of fused-ring (bicyclic) bond motifs is 1. The number of carbonyl (C=O) groups is 1. The molecule has 1 aromatic heterocycles. The molecule has 2 aliphatic rings. The van der Waals surface area contributed by atoms with E-state index in [2.05, 4.69) is 10.1 Å². The molecule has 150 valence electrons. The molecular weight excluding hydrogens is 360 g/mol. The molecule has 4 rings (SSSR count). The number of aromatic nitrogens is 2. The summed E-state index contributed by atoms with van der Waals surface area (Å²) in [5.74, 6) is 1.87. The van der Waals surface area contributed by atoms with Crippen molar-refractivity contribution >= 4 is 5.97 Å². The van der Waals surface area contributed by atoms with Crippen LogP contribution in [0.3, 0.4) is 0 Å². The summed E-state index contributed by atoms with van der Waals surface area (Å²) in [4.78, 5) is 15.8. The number of carboxylic acid groups (broad SMARTS) is 1. The van der Waals surface area contributed by atoms with Crippen molar-refractivity contribution in [2.75, 3.05) is 6.79 Å². The molecule has 1 aliphatic heterocycles. The van der Waals surface area contributed by atoms with Crippen LogP contribution in [0.25, 0.3) is 11.4 Å².